The average Bonchev–Trinajstić information content (AvgIpc) is 2.73. The molecule has 2 aromatic rings. The van der Waals surface area contributed by atoms with Gasteiger partial charge < -0.3 is 5.32 Å². The van der Waals surface area contributed by atoms with E-state index >= 15 is 0 Å². The summed E-state index contributed by atoms with van der Waals surface area (Å²) in [5, 5.41) is 8.22. The zero-order valence-corrected chi connectivity index (χ0v) is 13.7. The maximum Gasteiger partial charge on any atom is 0.0641 e. The van der Waals surface area contributed by atoms with Crippen molar-refractivity contribution in [1.29, 1.82) is 0 Å². The van der Waals surface area contributed by atoms with E-state index in [4.69, 9.17) is 5.10 Å². The molecule has 0 fully saturated rings. The summed E-state index contributed by atoms with van der Waals surface area (Å²) in [4.78, 5) is 0. The Labute approximate surface area is 128 Å². The Balaban J connectivity index is 1.98. The molecule has 3 heteroatoms. The highest BCUT2D eigenvalue weighted by atomic mass is 15.3. The molecule has 1 heterocycles. The predicted molar refractivity (Wildman–Crippen MR) is 88.4 cm³/mol. The summed E-state index contributed by atoms with van der Waals surface area (Å²) in [6, 6.07) is 10.6. The summed E-state index contributed by atoms with van der Waals surface area (Å²) in [5.74, 6) is 0.679. The van der Waals surface area contributed by atoms with Crippen molar-refractivity contribution in [3.63, 3.8) is 0 Å². The zero-order valence-electron chi connectivity index (χ0n) is 13.7. The molecule has 0 saturated heterocycles. The molecule has 0 radical (unpaired) electrons. The van der Waals surface area contributed by atoms with Gasteiger partial charge in [0.25, 0.3) is 0 Å². The highest BCUT2D eigenvalue weighted by molar-refractivity contribution is 5.24. The molecule has 3 nitrogen and oxygen atoms in total. The topological polar surface area (TPSA) is 29.9 Å². The van der Waals surface area contributed by atoms with Crippen molar-refractivity contribution in [3.05, 3.63) is 52.8 Å². The third kappa shape index (κ3) is 4.43. The van der Waals surface area contributed by atoms with Crippen molar-refractivity contribution in [3.8, 4) is 0 Å². The molecular weight excluding hydrogens is 258 g/mol. The lowest BCUT2D eigenvalue weighted by atomic mass is 10.1. The Bertz CT molecular complexity index is 555. The van der Waals surface area contributed by atoms with Crippen molar-refractivity contribution < 1.29 is 0 Å². The number of nitrogens with one attached hydrogen (secondary N) is 1. The van der Waals surface area contributed by atoms with Crippen molar-refractivity contribution in [2.24, 2.45) is 5.92 Å². The van der Waals surface area contributed by atoms with E-state index in [0.29, 0.717) is 5.92 Å². The number of aromatic nitrogens is 2. The van der Waals surface area contributed by atoms with Crippen LogP contribution in [0.3, 0.4) is 0 Å². The van der Waals surface area contributed by atoms with Crippen molar-refractivity contribution in [2.75, 3.05) is 6.54 Å². The van der Waals surface area contributed by atoms with Gasteiger partial charge in [-0.25, -0.2) is 0 Å². The van der Waals surface area contributed by atoms with Gasteiger partial charge in [-0.1, -0.05) is 44.2 Å². The molecule has 0 atom stereocenters. The third-order valence-corrected chi connectivity index (χ3v) is 3.84. The molecule has 0 bridgehead atoms. The van der Waals surface area contributed by atoms with Crippen LogP contribution in [0.15, 0.2) is 30.3 Å². The van der Waals surface area contributed by atoms with E-state index in [-0.39, 0.29) is 0 Å². The maximum absolute atomic E-state index is 4.70. The number of hydrogen-bond acceptors (Lipinski definition) is 2. The molecule has 1 aromatic carbocycles. The molecule has 0 aliphatic carbocycles. The first kappa shape index (κ1) is 15.8. The number of aryl methyl sites for hydroxylation is 3. The SMILES string of the molecule is Cc1nn(CCc2ccccc2)c(C)c1CNCC(C)C. The van der Waals surface area contributed by atoms with Crippen LogP contribution in [0.1, 0.15) is 36.4 Å². The minimum absolute atomic E-state index is 0.679. The van der Waals surface area contributed by atoms with Gasteiger partial charge in [-0.3, -0.25) is 4.68 Å². The Morgan fingerprint density at radius 3 is 2.52 bits per heavy atom. The van der Waals surface area contributed by atoms with Gasteiger partial charge in [-0.05, 0) is 38.3 Å². The molecule has 2 rings (SSSR count). The Morgan fingerprint density at radius 1 is 1.14 bits per heavy atom. The van der Waals surface area contributed by atoms with Gasteiger partial charge in [0.2, 0.25) is 0 Å². The van der Waals surface area contributed by atoms with Crippen molar-refractivity contribution in [2.45, 2.75) is 47.2 Å². The first-order chi connectivity index (χ1) is 10.1. The second-order valence-electron chi connectivity index (χ2n) is 6.13. The first-order valence-corrected chi connectivity index (χ1v) is 7.85. The molecule has 0 saturated carbocycles. The van der Waals surface area contributed by atoms with E-state index in [9.17, 15) is 0 Å². The van der Waals surface area contributed by atoms with Crippen LogP contribution in [0.2, 0.25) is 0 Å². The number of hydrogen-bond donors (Lipinski definition) is 1. The average molecular weight is 285 g/mol. The highest BCUT2D eigenvalue weighted by Gasteiger charge is 2.11. The molecule has 21 heavy (non-hydrogen) atoms. The summed E-state index contributed by atoms with van der Waals surface area (Å²) < 4.78 is 2.15. The minimum Gasteiger partial charge on any atom is -0.312 e. The lowest BCUT2D eigenvalue weighted by Crippen LogP contribution is -2.19. The standard InChI is InChI=1S/C18H27N3/c1-14(2)12-19-13-18-15(3)20-21(16(18)4)11-10-17-8-6-5-7-9-17/h5-9,14,19H,10-13H2,1-4H3. The Kier molecular flexibility index (Phi) is 5.57. The summed E-state index contributed by atoms with van der Waals surface area (Å²) in [5.41, 5.74) is 5.16. The molecule has 0 unspecified atom stereocenters. The first-order valence-electron chi connectivity index (χ1n) is 7.85. The quantitative estimate of drug-likeness (QED) is 0.844. The molecule has 0 spiro atoms. The van der Waals surface area contributed by atoms with Gasteiger partial charge in [0.1, 0.15) is 0 Å². The fourth-order valence-electron chi connectivity index (χ4n) is 2.57. The van der Waals surface area contributed by atoms with E-state index in [2.05, 4.69) is 68.0 Å². The van der Waals surface area contributed by atoms with Crippen LogP contribution in [-0.2, 0) is 19.5 Å². The third-order valence-electron chi connectivity index (χ3n) is 3.84. The molecule has 114 valence electrons. The lowest BCUT2D eigenvalue weighted by molar-refractivity contribution is 0.549. The summed E-state index contributed by atoms with van der Waals surface area (Å²) in [6.45, 7) is 11.7. The fraction of sp³-hybridized carbons (Fsp3) is 0.500. The molecule has 1 aromatic heterocycles. The van der Waals surface area contributed by atoms with Gasteiger partial charge >= 0.3 is 0 Å². The van der Waals surface area contributed by atoms with Crippen LogP contribution in [0.5, 0.6) is 0 Å². The zero-order chi connectivity index (χ0) is 15.2. The van der Waals surface area contributed by atoms with Crippen molar-refractivity contribution in [1.82, 2.24) is 15.1 Å². The van der Waals surface area contributed by atoms with E-state index < -0.39 is 0 Å². The van der Waals surface area contributed by atoms with Crippen LogP contribution in [0.4, 0.5) is 0 Å². The fourth-order valence-corrected chi connectivity index (χ4v) is 2.57. The Morgan fingerprint density at radius 2 is 1.86 bits per heavy atom. The van der Waals surface area contributed by atoms with Gasteiger partial charge in [-0.2, -0.15) is 5.10 Å². The van der Waals surface area contributed by atoms with E-state index in [1.54, 1.807) is 0 Å². The largest absolute Gasteiger partial charge is 0.312 e. The molecular formula is C18H27N3. The summed E-state index contributed by atoms with van der Waals surface area (Å²) in [6.07, 6.45) is 1.03. The van der Waals surface area contributed by atoms with E-state index in [1.807, 2.05) is 0 Å². The van der Waals surface area contributed by atoms with Gasteiger partial charge in [0.05, 0.1) is 5.69 Å². The van der Waals surface area contributed by atoms with Crippen LogP contribution < -0.4 is 5.32 Å². The van der Waals surface area contributed by atoms with Crippen LogP contribution in [0, 0.1) is 19.8 Å². The van der Waals surface area contributed by atoms with Crippen LogP contribution in [-0.4, -0.2) is 16.3 Å². The van der Waals surface area contributed by atoms with Crippen LogP contribution in [0.25, 0.3) is 0 Å². The van der Waals surface area contributed by atoms with Crippen molar-refractivity contribution >= 4 is 0 Å². The number of rotatable bonds is 7. The second-order valence-corrected chi connectivity index (χ2v) is 6.13. The van der Waals surface area contributed by atoms with E-state index in [0.717, 1.165) is 31.7 Å². The molecule has 1 N–H and O–H groups in total. The monoisotopic (exact) mass is 285 g/mol. The normalized spacial score (nSPS) is 11.3. The number of benzene rings is 1. The molecule has 0 amide bonds. The van der Waals surface area contributed by atoms with Gasteiger partial charge in [0.15, 0.2) is 0 Å². The maximum atomic E-state index is 4.70. The van der Waals surface area contributed by atoms with E-state index in [1.165, 1.54) is 16.8 Å². The lowest BCUT2D eigenvalue weighted by Gasteiger charge is -2.08. The number of nitrogens with zero attached hydrogens (tertiary/aromatic N) is 2. The smallest absolute Gasteiger partial charge is 0.0641 e. The highest BCUT2D eigenvalue weighted by Crippen LogP contribution is 2.14. The van der Waals surface area contributed by atoms with Gasteiger partial charge in [-0.15, -0.1) is 0 Å². The summed E-state index contributed by atoms with van der Waals surface area (Å²) >= 11 is 0. The molecule has 0 aliphatic heterocycles. The van der Waals surface area contributed by atoms with Gasteiger partial charge in [0, 0.05) is 24.3 Å². The van der Waals surface area contributed by atoms with Crippen LogP contribution >= 0.6 is 0 Å². The Hall–Kier alpha value is -1.61. The predicted octanol–water partition coefficient (Wildman–Crippen LogP) is 3.49. The molecule has 0 aliphatic rings. The summed E-state index contributed by atoms with van der Waals surface area (Å²) in [7, 11) is 0. The second kappa shape index (κ2) is 7.41. The minimum atomic E-state index is 0.679.